The number of ketones is 1. The number of aromatic hydroxyl groups is 2. The van der Waals surface area contributed by atoms with Gasteiger partial charge in [0.05, 0.1) is 5.56 Å². The van der Waals surface area contributed by atoms with E-state index in [0.29, 0.717) is 23.2 Å². The van der Waals surface area contributed by atoms with Crippen molar-refractivity contribution in [3.8, 4) is 22.8 Å². The van der Waals surface area contributed by atoms with Gasteiger partial charge < -0.3 is 20.1 Å². The molecule has 1 fully saturated rings. The number of phenolic OH excluding ortho intramolecular Hbond substituents is 2. The molecule has 1 aliphatic rings. The molecule has 0 unspecified atom stereocenters. The molecule has 1 amide bonds. The molecule has 1 saturated carbocycles. The molecule has 0 atom stereocenters. The fourth-order valence-electron chi connectivity index (χ4n) is 4.09. The zero-order valence-corrected chi connectivity index (χ0v) is 17.8. The van der Waals surface area contributed by atoms with Crippen molar-refractivity contribution in [1.82, 2.24) is 10.5 Å². The molecule has 3 N–H and O–H groups in total. The Hall–Kier alpha value is -2.83. The number of nitrogens with zero attached hydrogens (tertiary/aromatic N) is 1. The fourth-order valence-corrected chi connectivity index (χ4v) is 4.09. The van der Waals surface area contributed by atoms with Crippen LogP contribution >= 0.6 is 0 Å². The van der Waals surface area contributed by atoms with Crippen molar-refractivity contribution >= 4 is 11.7 Å². The van der Waals surface area contributed by atoms with Gasteiger partial charge in [-0.15, -0.1) is 0 Å². The number of hydrogen-bond donors (Lipinski definition) is 3. The minimum absolute atomic E-state index is 0.00227. The van der Waals surface area contributed by atoms with Crippen molar-refractivity contribution in [2.75, 3.05) is 6.54 Å². The molecule has 0 radical (unpaired) electrons. The van der Waals surface area contributed by atoms with Gasteiger partial charge in [0.2, 0.25) is 0 Å². The monoisotopic (exact) mass is 414 g/mol. The summed E-state index contributed by atoms with van der Waals surface area (Å²) < 4.78 is 5.49. The highest BCUT2D eigenvalue weighted by molar-refractivity contribution is 5.97. The molecule has 0 aliphatic heterocycles. The van der Waals surface area contributed by atoms with Crippen molar-refractivity contribution in [3.05, 3.63) is 29.0 Å². The summed E-state index contributed by atoms with van der Waals surface area (Å²) in [5.74, 6) is -0.393. The Kier molecular flexibility index (Phi) is 6.80. The summed E-state index contributed by atoms with van der Waals surface area (Å²) in [5.41, 5.74) is 1.39. The Balaban J connectivity index is 2.05. The zero-order valence-electron chi connectivity index (χ0n) is 17.8. The minimum Gasteiger partial charge on any atom is -0.508 e. The predicted octanol–water partition coefficient (Wildman–Crippen LogP) is 4.32. The van der Waals surface area contributed by atoms with Gasteiger partial charge in [-0.1, -0.05) is 38.3 Å². The van der Waals surface area contributed by atoms with Gasteiger partial charge >= 0.3 is 0 Å². The van der Waals surface area contributed by atoms with Crippen molar-refractivity contribution in [3.63, 3.8) is 0 Å². The first-order valence-corrected chi connectivity index (χ1v) is 10.7. The first-order chi connectivity index (χ1) is 14.3. The molecule has 162 valence electrons. The molecule has 0 bridgehead atoms. The Bertz CT molecular complexity index is 926. The van der Waals surface area contributed by atoms with Crippen LogP contribution in [0.2, 0.25) is 0 Å². The number of Topliss-reactive ketones (excluding diaryl/α,β-unsaturated/α-hetero) is 1. The molecule has 1 aromatic carbocycles. The second kappa shape index (κ2) is 9.32. The summed E-state index contributed by atoms with van der Waals surface area (Å²) in [5, 5.41) is 27.3. The predicted molar refractivity (Wildman–Crippen MR) is 113 cm³/mol. The van der Waals surface area contributed by atoms with Gasteiger partial charge in [-0.25, -0.2) is 0 Å². The summed E-state index contributed by atoms with van der Waals surface area (Å²) in [6.45, 7) is 6.05. The van der Waals surface area contributed by atoms with Crippen LogP contribution in [0.4, 0.5) is 0 Å². The third-order valence-electron chi connectivity index (χ3n) is 5.76. The van der Waals surface area contributed by atoms with Crippen LogP contribution in [-0.4, -0.2) is 33.6 Å². The third kappa shape index (κ3) is 4.50. The Morgan fingerprint density at radius 3 is 2.50 bits per heavy atom. The number of amides is 1. The van der Waals surface area contributed by atoms with E-state index < -0.39 is 5.91 Å². The van der Waals surface area contributed by atoms with Crippen LogP contribution in [0.1, 0.15) is 80.4 Å². The normalized spacial score (nSPS) is 14.8. The average Bonchev–Trinajstić information content (AvgIpc) is 3.12. The van der Waals surface area contributed by atoms with Crippen LogP contribution in [0, 0.1) is 5.92 Å². The van der Waals surface area contributed by atoms with Gasteiger partial charge in [0.1, 0.15) is 17.3 Å². The van der Waals surface area contributed by atoms with E-state index in [1.165, 1.54) is 6.07 Å². The number of carbonyl (C=O) groups is 2. The summed E-state index contributed by atoms with van der Waals surface area (Å²) in [4.78, 5) is 25.5. The van der Waals surface area contributed by atoms with E-state index in [-0.39, 0.29) is 47.0 Å². The molecule has 1 aromatic heterocycles. The largest absolute Gasteiger partial charge is 0.508 e. The van der Waals surface area contributed by atoms with Crippen molar-refractivity contribution in [1.29, 1.82) is 0 Å². The SMILES string of the molecule is CCNC(=O)c1noc(-c2cc(C(C)C)c(O)cc2O)c1CC(=O)C1CCCCC1. The second-order valence-electron chi connectivity index (χ2n) is 8.26. The van der Waals surface area contributed by atoms with Gasteiger partial charge in [0.15, 0.2) is 11.5 Å². The van der Waals surface area contributed by atoms with Crippen LogP contribution in [0.5, 0.6) is 11.5 Å². The number of phenols is 2. The maximum absolute atomic E-state index is 13.0. The van der Waals surface area contributed by atoms with Crippen molar-refractivity contribution in [2.24, 2.45) is 5.92 Å². The Labute approximate surface area is 176 Å². The molecular formula is C23H30N2O5. The van der Waals surface area contributed by atoms with Crippen LogP contribution in [0.3, 0.4) is 0 Å². The fraction of sp³-hybridized carbons (Fsp3) is 0.522. The lowest BCUT2D eigenvalue weighted by Crippen LogP contribution is -2.26. The second-order valence-corrected chi connectivity index (χ2v) is 8.26. The molecule has 2 aromatic rings. The van der Waals surface area contributed by atoms with E-state index in [2.05, 4.69) is 10.5 Å². The van der Waals surface area contributed by atoms with Crippen LogP contribution in [-0.2, 0) is 11.2 Å². The number of nitrogens with one attached hydrogen (secondary N) is 1. The first kappa shape index (κ1) is 21.9. The molecule has 0 saturated heterocycles. The van der Waals surface area contributed by atoms with Crippen LogP contribution in [0.15, 0.2) is 16.7 Å². The van der Waals surface area contributed by atoms with E-state index in [4.69, 9.17) is 4.52 Å². The Morgan fingerprint density at radius 2 is 1.87 bits per heavy atom. The van der Waals surface area contributed by atoms with E-state index in [9.17, 15) is 19.8 Å². The molecule has 7 heteroatoms. The zero-order chi connectivity index (χ0) is 21.8. The maximum Gasteiger partial charge on any atom is 0.273 e. The molecule has 3 rings (SSSR count). The van der Waals surface area contributed by atoms with Gasteiger partial charge in [-0.2, -0.15) is 0 Å². The van der Waals surface area contributed by atoms with Gasteiger partial charge in [0.25, 0.3) is 5.91 Å². The number of rotatable bonds is 7. The molecule has 1 heterocycles. The topological polar surface area (TPSA) is 113 Å². The highest BCUT2D eigenvalue weighted by Gasteiger charge is 2.30. The molecule has 0 spiro atoms. The van der Waals surface area contributed by atoms with Crippen LogP contribution in [0.25, 0.3) is 11.3 Å². The number of benzene rings is 1. The summed E-state index contributed by atoms with van der Waals surface area (Å²) >= 11 is 0. The quantitative estimate of drug-likeness (QED) is 0.622. The highest BCUT2D eigenvalue weighted by atomic mass is 16.5. The molecule has 1 aliphatic carbocycles. The maximum atomic E-state index is 13.0. The smallest absolute Gasteiger partial charge is 0.273 e. The lowest BCUT2D eigenvalue weighted by molar-refractivity contribution is -0.123. The minimum atomic E-state index is -0.415. The van der Waals surface area contributed by atoms with Gasteiger partial charge in [-0.3, -0.25) is 9.59 Å². The van der Waals surface area contributed by atoms with E-state index in [1.807, 2.05) is 13.8 Å². The molecule has 7 nitrogen and oxygen atoms in total. The number of aromatic nitrogens is 1. The van der Waals surface area contributed by atoms with Crippen molar-refractivity contribution < 1.29 is 24.3 Å². The van der Waals surface area contributed by atoms with Gasteiger partial charge in [-0.05, 0) is 37.3 Å². The summed E-state index contributed by atoms with van der Waals surface area (Å²) in [7, 11) is 0. The third-order valence-corrected chi connectivity index (χ3v) is 5.76. The molecule has 30 heavy (non-hydrogen) atoms. The number of carbonyl (C=O) groups excluding carboxylic acids is 2. The van der Waals surface area contributed by atoms with E-state index in [0.717, 1.165) is 32.1 Å². The van der Waals surface area contributed by atoms with Crippen LogP contribution < -0.4 is 5.32 Å². The summed E-state index contributed by atoms with van der Waals surface area (Å²) in [6.07, 6.45) is 4.95. The standard InChI is InChI=1S/C23H30N2O5/c1-4-24-23(29)21-17(11-18(26)14-8-6-5-7-9-14)22(30-25-21)16-10-15(13(2)3)19(27)12-20(16)28/h10,12-14,27-28H,4-9,11H2,1-3H3,(H,24,29). The average molecular weight is 415 g/mol. The van der Waals surface area contributed by atoms with E-state index in [1.54, 1.807) is 13.0 Å². The molecular weight excluding hydrogens is 384 g/mol. The summed E-state index contributed by atoms with van der Waals surface area (Å²) in [6, 6.07) is 2.89. The first-order valence-electron chi connectivity index (χ1n) is 10.7. The Morgan fingerprint density at radius 1 is 1.17 bits per heavy atom. The highest BCUT2D eigenvalue weighted by Crippen LogP contribution is 2.40. The van der Waals surface area contributed by atoms with Crippen molar-refractivity contribution in [2.45, 2.75) is 65.2 Å². The lowest BCUT2D eigenvalue weighted by atomic mass is 9.83. The van der Waals surface area contributed by atoms with Gasteiger partial charge in [0, 0.05) is 30.5 Å². The number of hydrogen-bond acceptors (Lipinski definition) is 6. The lowest BCUT2D eigenvalue weighted by Gasteiger charge is -2.20. The van der Waals surface area contributed by atoms with E-state index >= 15 is 0 Å².